The number of carboxylic acids is 1. The van der Waals surface area contributed by atoms with E-state index in [1.165, 1.54) is 25.5 Å². The summed E-state index contributed by atoms with van der Waals surface area (Å²) >= 11 is 0. The van der Waals surface area contributed by atoms with Crippen molar-refractivity contribution in [3.8, 4) is 0 Å². The molecule has 0 spiro atoms. The highest BCUT2D eigenvalue weighted by Gasteiger charge is 2.26. The Kier molecular flexibility index (Phi) is 4.32. The second kappa shape index (κ2) is 5.98. The van der Waals surface area contributed by atoms with E-state index in [0.29, 0.717) is 5.92 Å². The first-order valence-electron chi connectivity index (χ1n) is 6.85. The Hall–Kier alpha value is -1.98. The van der Waals surface area contributed by atoms with Gasteiger partial charge in [0.2, 0.25) is 0 Å². The molecule has 0 saturated heterocycles. The number of rotatable bonds is 5. The molecule has 108 valence electrons. The fourth-order valence-corrected chi connectivity index (χ4v) is 2.18. The first kappa shape index (κ1) is 14.4. The van der Waals surface area contributed by atoms with Gasteiger partial charge >= 0.3 is 5.97 Å². The zero-order valence-electron chi connectivity index (χ0n) is 11.7. The Morgan fingerprint density at radius 3 is 2.30 bits per heavy atom. The van der Waals surface area contributed by atoms with Crippen molar-refractivity contribution in [2.24, 2.45) is 5.92 Å². The van der Waals surface area contributed by atoms with Gasteiger partial charge in [0.25, 0.3) is 5.91 Å². The zero-order chi connectivity index (χ0) is 14.7. The molecule has 1 aliphatic rings. The van der Waals surface area contributed by atoms with Gasteiger partial charge in [0.1, 0.15) is 5.69 Å². The van der Waals surface area contributed by atoms with E-state index in [2.05, 4.69) is 9.97 Å². The van der Waals surface area contributed by atoms with Crippen LogP contribution in [0, 0.1) is 5.92 Å². The van der Waals surface area contributed by atoms with Gasteiger partial charge in [0.05, 0.1) is 12.4 Å². The number of carboxylic acid groups (broad SMARTS) is 1. The number of carbonyl (C=O) groups excluding carboxylic acids is 1. The molecule has 2 rings (SSSR count). The van der Waals surface area contributed by atoms with Crippen LogP contribution in [0.4, 0.5) is 0 Å². The summed E-state index contributed by atoms with van der Waals surface area (Å²) in [5, 5.41) is 8.77. The van der Waals surface area contributed by atoms with Crippen LogP contribution in [0.1, 0.15) is 54.1 Å². The molecule has 1 saturated carbocycles. The molecule has 1 aromatic heterocycles. The maximum atomic E-state index is 12.4. The molecule has 0 unspecified atom stereocenters. The summed E-state index contributed by atoms with van der Waals surface area (Å²) in [7, 11) is 0. The summed E-state index contributed by atoms with van der Waals surface area (Å²) < 4.78 is 0. The molecule has 0 radical (unpaired) electrons. The minimum atomic E-state index is -1.15. The van der Waals surface area contributed by atoms with Gasteiger partial charge in [0.15, 0.2) is 5.69 Å². The largest absolute Gasteiger partial charge is 0.476 e. The van der Waals surface area contributed by atoms with Gasteiger partial charge in [-0.15, -0.1) is 0 Å². The van der Waals surface area contributed by atoms with Crippen LogP contribution >= 0.6 is 0 Å². The lowest BCUT2D eigenvalue weighted by atomic mass is 9.85. The molecular weight excluding hydrogens is 258 g/mol. The molecule has 1 N–H and O–H groups in total. The Morgan fingerprint density at radius 1 is 1.30 bits per heavy atom. The van der Waals surface area contributed by atoms with E-state index >= 15 is 0 Å². The molecule has 1 aliphatic carbocycles. The number of nitrogens with zero attached hydrogens (tertiary/aromatic N) is 3. The first-order valence-corrected chi connectivity index (χ1v) is 6.85. The minimum absolute atomic E-state index is 0.0871. The van der Waals surface area contributed by atoms with E-state index in [-0.39, 0.29) is 23.3 Å². The van der Waals surface area contributed by atoms with E-state index < -0.39 is 5.97 Å². The van der Waals surface area contributed by atoms with Crippen LogP contribution in [0.3, 0.4) is 0 Å². The number of amides is 1. The van der Waals surface area contributed by atoms with Crippen LogP contribution in [0.5, 0.6) is 0 Å². The summed E-state index contributed by atoms with van der Waals surface area (Å²) in [6.07, 6.45) is 5.93. The minimum Gasteiger partial charge on any atom is -0.476 e. The van der Waals surface area contributed by atoms with Crippen LogP contribution in [0.2, 0.25) is 0 Å². The highest BCUT2D eigenvalue weighted by atomic mass is 16.4. The topological polar surface area (TPSA) is 83.4 Å². The summed E-state index contributed by atoms with van der Waals surface area (Å²) in [5.74, 6) is -0.754. The zero-order valence-corrected chi connectivity index (χ0v) is 11.7. The smallest absolute Gasteiger partial charge is 0.356 e. The second-order valence-electron chi connectivity index (χ2n) is 5.44. The maximum Gasteiger partial charge on any atom is 0.356 e. The standard InChI is InChI=1S/C14H19N3O3/c1-9(2)17(8-10-4-3-5-10)13(18)11-6-16-12(7-15-11)14(19)20/h6-7,9-10H,3-5,8H2,1-2H3,(H,19,20). The van der Waals surface area contributed by atoms with Gasteiger partial charge in [-0.1, -0.05) is 6.42 Å². The molecule has 20 heavy (non-hydrogen) atoms. The van der Waals surface area contributed by atoms with E-state index in [1.54, 1.807) is 4.90 Å². The van der Waals surface area contributed by atoms with Crippen molar-refractivity contribution in [1.29, 1.82) is 0 Å². The molecule has 1 amide bonds. The molecular formula is C14H19N3O3. The van der Waals surface area contributed by atoms with Crippen LogP contribution in [0.25, 0.3) is 0 Å². The fraction of sp³-hybridized carbons (Fsp3) is 0.571. The predicted octanol–water partition coefficient (Wildman–Crippen LogP) is 1.83. The number of carbonyl (C=O) groups is 2. The Bertz CT molecular complexity index is 495. The van der Waals surface area contributed by atoms with Crippen LogP contribution in [-0.2, 0) is 0 Å². The van der Waals surface area contributed by atoms with Crippen molar-refractivity contribution in [2.75, 3.05) is 6.54 Å². The van der Waals surface area contributed by atoms with Crippen LogP contribution in [-0.4, -0.2) is 44.4 Å². The second-order valence-corrected chi connectivity index (χ2v) is 5.44. The molecule has 6 heteroatoms. The highest BCUT2D eigenvalue weighted by Crippen LogP contribution is 2.28. The van der Waals surface area contributed by atoms with Crippen LogP contribution < -0.4 is 0 Å². The van der Waals surface area contributed by atoms with Crippen molar-refractivity contribution in [3.63, 3.8) is 0 Å². The summed E-state index contributed by atoms with van der Waals surface area (Å²) in [5.41, 5.74) is 0.0414. The Balaban J connectivity index is 2.11. The lowest BCUT2D eigenvalue weighted by Gasteiger charge is -2.34. The Morgan fingerprint density at radius 2 is 1.90 bits per heavy atom. The van der Waals surface area contributed by atoms with Crippen LogP contribution in [0.15, 0.2) is 12.4 Å². The van der Waals surface area contributed by atoms with Crippen molar-refractivity contribution in [3.05, 3.63) is 23.8 Å². The molecule has 1 aromatic rings. The van der Waals surface area contributed by atoms with Gasteiger partial charge in [-0.05, 0) is 32.6 Å². The van der Waals surface area contributed by atoms with Crippen molar-refractivity contribution in [1.82, 2.24) is 14.9 Å². The molecule has 1 fully saturated rings. The summed E-state index contributed by atoms with van der Waals surface area (Å²) in [4.78, 5) is 32.6. The average Bonchev–Trinajstić information content (AvgIpc) is 2.36. The molecule has 0 aliphatic heterocycles. The van der Waals surface area contributed by atoms with Gasteiger partial charge in [-0.2, -0.15) is 0 Å². The number of hydrogen-bond acceptors (Lipinski definition) is 4. The van der Waals surface area contributed by atoms with Gasteiger partial charge in [0, 0.05) is 12.6 Å². The summed E-state index contributed by atoms with van der Waals surface area (Å²) in [6, 6.07) is 0.0871. The third-order valence-electron chi connectivity index (χ3n) is 3.65. The number of aromatic carboxylic acids is 1. The molecule has 6 nitrogen and oxygen atoms in total. The third-order valence-corrected chi connectivity index (χ3v) is 3.65. The number of aromatic nitrogens is 2. The first-order chi connectivity index (χ1) is 9.49. The van der Waals surface area contributed by atoms with Gasteiger partial charge in [-0.3, -0.25) is 4.79 Å². The molecule has 0 bridgehead atoms. The SMILES string of the molecule is CC(C)N(CC1CCC1)C(=O)c1cnc(C(=O)O)cn1. The lowest BCUT2D eigenvalue weighted by Crippen LogP contribution is -2.42. The van der Waals surface area contributed by atoms with E-state index in [1.807, 2.05) is 13.8 Å². The van der Waals surface area contributed by atoms with E-state index in [9.17, 15) is 9.59 Å². The van der Waals surface area contributed by atoms with Crippen molar-refractivity contribution in [2.45, 2.75) is 39.2 Å². The average molecular weight is 277 g/mol. The van der Waals surface area contributed by atoms with E-state index in [4.69, 9.17) is 5.11 Å². The summed E-state index contributed by atoms with van der Waals surface area (Å²) in [6.45, 7) is 4.67. The predicted molar refractivity (Wildman–Crippen MR) is 72.5 cm³/mol. The number of hydrogen-bond donors (Lipinski definition) is 1. The highest BCUT2D eigenvalue weighted by molar-refractivity contribution is 5.93. The normalized spacial score (nSPS) is 14.9. The molecule has 0 aromatic carbocycles. The Labute approximate surface area is 117 Å². The van der Waals surface area contributed by atoms with Gasteiger partial charge in [-0.25, -0.2) is 14.8 Å². The lowest BCUT2D eigenvalue weighted by molar-refractivity contribution is 0.0622. The van der Waals surface area contributed by atoms with Crippen molar-refractivity contribution < 1.29 is 14.7 Å². The molecule has 1 heterocycles. The fourth-order valence-electron chi connectivity index (χ4n) is 2.18. The maximum absolute atomic E-state index is 12.4. The molecule has 0 atom stereocenters. The monoisotopic (exact) mass is 277 g/mol. The quantitative estimate of drug-likeness (QED) is 0.887. The van der Waals surface area contributed by atoms with Crippen molar-refractivity contribution >= 4 is 11.9 Å². The van der Waals surface area contributed by atoms with E-state index in [0.717, 1.165) is 12.7 Å². The van der Waals surface area contributed by atoms with Gasteiger partial charge < -0.3 is 10.0 Å². The third kappa shape index (κ3) is 3.12.